The molecule has 0 spiro atoms. The van der Waals surface area contributed by atoms with Crippen molar-refractivity contribution in [2.45, 2.75) is 0 Å². The Balaban J connectivity index is 2.23. The van der Waals surface area contributed by atoms with Gasteiger partial charge in [-0.2, -0.15) is 5.26 Å². The van der Waals surface area contributed by atoms with Crippen LogP contribution in [0.4, 0.5) is 18.9 Å². The maximum atomic E-state index is 13.4. The fourth-order valence-corrected chi connectivity index (χ4v) is 1.40. The molecular formula is C13H6F3N3O. The summed E-state index contributed by atoms with van der Waals surface area (Å²) in [5.74, 6) is -5.32. The van der Waals surface area contributed by atoms with Crippen LogP contribution >= 0.6 is 0 Å². The van der Waals surface area contributed by atoms with E-state index in [-0.39, 0.29) is 11.3 Å². The molecule has 0 atom stereocenters. The quantitative estimate of drug-likeness (QED) is 0.858. The van der Waals surface area contributed by atoms with Gasteiger partial charge in [-0.05, 0) is 24.3 Å². The number of nitriles is 1. The highest BCUT2D eigenvalue weighted by atomic mass is 19.2. The summed E-state index contributed by atoms with van der Waals surface area (Å²) in [6, 6.07) is 6.02. The van der Waals surface area contributed by atoms with Gasteiger partial charge in [-0.3, -0.25) is 4.79 Å². The van der Waals surface area contributed by atoms with Gasteiger partial charge < -0.3 is 5.32 Å². The molecule has 2 rings (SSSR count). The van der Waals surface area contributed by atoms with E-state index in [1.807, 2.05) is 6.07 Å². The van der Waals surface area contributed by atoms with Crippen LogP contribution in [0.2, 0.25) is 0 Å². The van der Waals surface area contributed by atoms with Crippen LogP contribution in [0.25, 0.3) is 0 Å². The minimum Gasteiger partial charge on any atom is -0.318 e. The van der Waals surface area contributed by atoms with Gasteiger partial charge in [-0.25, -0.2) is 18.2 Å². The number of nitrogens with zero attached hydrogens (tertiary/aromatic N) is 2. The Hall–Kier alpha value is -2.88. The van der Waals surface area contributed by atoms with E-state index in [2.05, 4.69) is 10.3 Å². The van der Waals surface area contributed by atoms with Crippen LogP contribution in [0.5, 0.6) is 0 Å². The van der Waals surface area contributed by atoms with Crippen LogP contribution in [0.3, 0.4) is 0 Å². The molecule has 1 amide bonds. The third-order valence-electron chi connectivity index (χ3n) is 2.41. The maximum absolute atomic E-state index is 13.4. The zero-order valence-electron chi connectivity index (χ0n) is 9.82. The van der Waals surface area contributed by atoms with Gasteiger partial charge in [0.05, 0.1) is 11.3 Å². The fourth-order valence-electron chi connectivity index (χ4n) is 1.40. The number of hydrogen-bond donors (Lipinski definition) is 1. The number of rotatable bonds is 2. The molecule has 2 aromatic rings. The van der Waals surface area contributed by atoms with Crippen molar-refractivity contribution in [3.8, 4) is 6.07 Å². The number of aromatic nitrogens is 1. The number of anilines is 1. The van der Waals surface area contributed by atoms with Crippen molar-refractivity contribution in [3.05, 3.63) is 59.2 Å². The molecule has 0 saturated heterocycles. The van der Waals surface area contributed by atoms with Crippen LogP contribution < -0.4 is 5.32 Å². The number of carbonyl (C=O) groups excluding carboxylic acids is 1. The normalized spacial score (nSPS) is 9.90. The summed E-state index contributed by atoms with van der Waals surface area (Å²) in [5.41, 5.74) is -0.339. The summed E-state index contributed by atoms with van der Waals surface area (Å²) in [7, 11) is 0. The number of benzene rings is 1. The second-order valence-electron chi connectivity index (χ2n) is 3.72. The van der Waals surface area contributed by atoms with Crippen LogP contribution in [0.1, 0.15) is 16.1 Å². The minimum atomic E-state index is -1.67. The summed E-state index contributed by atoms with van der Waals surface area (Å²) in [6.45, 7) is 0. The van der Waals surface area contributed by atoms with Crippen LogP contribution in [0, 0.1) is 28.8 Å². The standard InChI is InChI=1S/C13H6F3N3O/c14-8-2-4-9(12(16)11(8)15)19-13(20)10-3-1-7(5-17)6-18-10/h1-4,6H,(H,19,20). The number of pyridine rings is 1. The van der Waals surface area contributed by atoms with Gasteiger partial charge in [0.15, 0.2) is 17.5 Å². The molecule has 1 heterocycles. The van der Waals surface area contributed by atoms with Gasteiger partial charge in [-0.15, -0.1) is 0 Å². The highest BCUT2D eigenvalue weighted by Gasteiger charge is 2.16. The first-order valence-corrected chi connectivity index (χ1v) is 5.34. The van der Waals surface area contributed by atoms with E-state index in [0.717, 1.165) is 12.3 Å². The second-order valence-corrected chi connectivity index (χ2v) is 3.72. The van der Waals surface area contributed by atoms with E-state index in [0.29, 0.717) is 6.07 Å². The average Bonchev–Trinajstić information content (AvgIpc) is 2.48. The van der Waals surface area contributed by atoms with Gasteiger partial charge in [0.1, 0.15) is 11.8 Å². The molecule has 4 nitrogen and oxygen atoms in total. The summed E-state index contributed by atoms with van der Waals surface area (Å²) in [6.07, 6.45) is 1.16. The number of nitrogens with one attached hydrogen (secondary N) is 1. The predicted octanol–water partition coefficient (Wildman–Crippen LogP) is 2.62. The Labute approximate surface area is 111 Å². The first-order valence-electron chi connectivity index (χ1n) is 5.34. The smallest absolute Gasteiger partial charge is 0.274 e. The molecule has 20 heavy (non-hydrogen) atoms. The van der Waals surface area contributed by atoms with E-state index in [1.54, 1.807) is 0 Å². The lowest BCUT2D eigenvalue weighted by Crippen LogP contribution is -2.15. The van der Waals surface area contributed by atoms with Gasteiger partial charge in [0.25, 0.3) is 5.91 Å². The summed E-state index contributed by atoms with van der Waals surface area (Å²) < 4.78 is 39.1. The molecule has 0 aliphatic rings. The molecule has 0 bridgehead atoms. The molecule has 0 aliphatic heterocycles. The van der Waals surface area contributed by atoms with Crippen molar-refractivity contribution in [2.75, 3.05) is 5.32 Å². The molecule has 7 heteroatoms. The molecular weight excluding hydrogens is 271 g/mol. The van der Waals surface area contributed by atoms with Gasteiger partial charge in [0.2, 0.25) is 0 Å². The van der Waals surface area contributed by atoms with Gasteiger partial charge >= 0.3 is 0 Å². The summed E-state index contributed by atoms with van der Waals surface area (Å²) >= 11 is 0. The molecule has 0 radical (unpaired) electrons. The van der Waals surface area contributed by atoms with Crippen molar-refractivity contribution in [1.82, 2.24) is 4.98 Å². The molecule has 0 unspecified atom stereocenters. The van der Waals surface area contributed by atoms with E-state index in [4.69, 9.17) is 5.26 Å². The molecule has 1 aromatic heterocycles. The van der Waals surface area contributed by atoms with Crippen LogP contribution in [-0.4, -0.2) is 10.9 Å². The number of amides is 1. The number of carbonyl (C=O) groups is 1. The van der Waals surface area contributed by atoms with Crippen molar-refractivity contribution in [2.24, 2.45) is 0 Å². The van der Waals surface area contributed by atoms with Gasteiger partial charge in [0, 0.05) is 6.20 Å². The second kappa shape index (κ2) is 5.40. The molecule has 1 N–H and O–H groups in total. The third kappa shape index (κ3) is 2.59. The van der Waals surface area contributed by atoms with Crippen molar-refractivity contribution < 1.29 is 18.0 Å². The zero-order chi connectivity index (χ0) is 14.7. The largest absolute Gasteiger partial charge is 0.318 e. The SMILES string of the molecule is N#Cc1ccc(C(=O)Nc2ccc(F)c(F)c2F)nc1. The molecule has 0 aliphatic carbocycles. The lowest BCUT2D eigenvalue weighted by Gasteiger charge is -2.06. The Morgan fingerprint density at radius 2 is 1.90 bits per heavy atom. The Morgan fingerprint density at radius 3 is 2.50 bits per heavy atom. The molecule has 100 valence electrons. The Bertz CT molecular complexity index is 708. The maximum Gasteiger partial charge on any atom is 0.274 e. The van der Waals surface area contributed by atoms with Crippen molar-refractivity contribution in [1.29, 1.82) is 5.26 Å². The lowest BCUT2D eigenvalue weighted by atomic mass is 10.2. The van der Waals surface area contributed by atoms with Crippen molar-refractivity contribution in [3.63, 3.8) is 0 Å². The first-order chi connectivity index (χ1) is 9.52. The zero-order valence-corrected chi connectivity index (χ0v) is 9.82. The van der Waals surface area contributed by atoms with Crippen LogP contribution in [0.15, 0.2) is 30.5 Å². The Kier molecular flexibility index (Phi) is 3.66. The van der Waals surface area contributed by atoms with Crippen LogP contribution in [-0.2, 0) is 0 Å². The van der Waals surface area contributed by atoms with E-state index >= 15 is 0 Å². The highest BCUT2D eigenvalue weighted by molar-refractivity contribution is 6.02. The minimum absolute atomic E-state index is 0.0897. The van der Waals surface area contributed by atoms with Crippen molar-refractivity contribution >= 4 is 11.6 Å². The summed E-state index contributed by atoms with van der Waals surface area (Å²) in [5, 5.41) is 10.6. The topological polar surface area (TPSA) is 65.8 Å². The molecule has 0 fully saturated rings. The van der Waals surface area contributed by atoms with Gasteiger partial charge in [-0.1, -0.05) is 0 Å². The number of halogens is 3. The number of hydrogen-bond acceptors (Lipinski definition) is 3. The third-order valence-corrected chi connectivity index (χ3v) is 2.41. The fraction of sp³-hybridized carbons (Fsp3) is 0. The lowest BCUT2D eigenvalue weighted by molar-refractivity contribution is 0.102. The predicted molar refractivity (Wildman–Crippen MR) is 63.2 cm³/mol. The monoisotopic (exact) mass is 277 g/mol. The average molecular weight is 277 g/mol. The first kappa shape index (κ1) is 13.5. The van der Waals surface area contributed by atoms with E-state index in [1.165, 1.54) is 12.1 Å². The molecule has 1 aromatic carbocycles. The molecule has 0 saturated carbocycles. The Morgan fingerprint density at radius 1 is 1.15 bits per heavy atom. The van der Waals surface area contributed by atoms with E-state index in [9.17, 15) is 18.0 Å². The van der Waals surface area contributed by atoms with E-state index < -0.39 is 29.0 Å². The summed E-state index contributed by atoms with van der Waals surface area (Å²) in [4.78, 5) is 15.4. The highest BCUT2D eigenvalue weighted by Crippen LogP contribution is 2.20.